The monoisotopic (exact) mass is 148 g/mol. The molecule has 1 atom stereocenters. The van der Waals surface area contributed by atoms with E-state index in [0.717, 1.165) is 0 Å². The van der Waals surface area contributed by atoms with E-state index >= 15 is 0 Å². The molecule has 0 aromatic rings. The molecule has 0 heterocycles. The van der Waals surface area contributed by atoms with E-state index in [0.29, 0.717) is 5.75 Å². The standard InChI is InChI=1S/C5H12N2OS/c1-4(5(6)7)9-3-2-8/h4,8H,2-3H2,1H3,(H3,6,7). The van der Waals surface area contributed by atoms with E-state index in [-0.39, 0.29) is 17.7 Å². The van der Waals surface area contributed by atoms with Gasteiger partial charge in [0.15, 0.2) is 0 Å². The quantitative estimate of drug-likeness (QED) is 0.389. The average molecular weight is 148 g/mol. The first-order valence-corrected chi connectivity index (χ1v) is 3.79. The van der Waals surface area contributed by atoms with E-state index < -0.39 is 0 Å². The van der Waals surface area contributed by atoms with Gasteiger partial charge in [-0.2, -0.15) is 0 Å². The number of nitrogens with one attached hydrogen (secondary N) is 1. The third-order valence-electron chi connectivity index (χ3n) is 0.897. The zero-order chi connectivity index (χ0) is 7.28. The van der Waals surface area contributed by atoms with Crippen LogP contribution in [-0.2, 0) is 0 Å². The Morgan fingerprint density at radius 1 is 1.89 bits per heavy atom. The van der Waals surface area contributed by atoms with Crippen molar-refractivity contribution in [3.63, 3.8) is 0 Å². The van der Waals surface area contributed by atoms with Gasteiger partial charge in [-0.3, -0.25) is 5.41 Å². The van der Waals surface area contributed by atoms with E-state index in [1.165, 1.54) is 11.8 Å². The van der Waals surface area contributed by atoms with Crippen LogP contribution in [-0.4, -0.2) is 28.6 Å². The molecule has 1 unspecified atom stereocenters. The van der Waals surface area contributed by atoms with E-state index in [1.807, 2.05) is 6.92 Å². The first-order chi connectivity index (χ1) is 4.18. The Morgan fingerprint density at radius 2 is 2.44 bits per heavy atom. The Bertz CT molecular complexity index is 97.0. The number of thioether (sulfide) groups is 1. The summed E-state index contributed by atoms with van der Waals surface area (Å²) in [6.45, 7) is 2.00. The predicted molar refractivity (Wildman–Crippen MR) is 40.9 cm³/mol. The van der Waals surface area contributed by atoms with Gasteiger partial charge in [0, 0.05) is 5.75 Å². The molecule has 0 saturated heterocycles. The lowest BCUT2D eigenvalue weighted by molar-refractivity contribution is 0.322. The van der Waals surface area contributed by atoms with E-state index in [2.05, 4.69) is 0 Å². The van der Waals surface area contributed by atoms with Crippen molar-refractivity contribution < 1.29 is 5.11 Å². The molecule has 0 aliphatic carbocycles. The van der Waals surface area contributed by atoms with E-state index in [4.69, 9.17) is 16.2 Å². The van der Waals surface area contributed by atoms with Crippen molar-refractivity contribution in [2.75, 3.05) is 12.4 Å². The van der Waals surface area contributed by atoms with Gasteiger partial charge < -0.3 is 10.8 Å². The fourth-order valence-corrected chi connectivity index (χ4v) is 0.958. The summed E-state index contributed by atoms with van der Waals surface area (Å²) < 4.78 is 0. The number of amidine groups is 1. The molecular weight excluding hydrogens is 136 g/mol. The second kappa shape index (κ2) is 4.64. The van der Waals surface area contributed by atoms with Gasteiger partial charge >= 0.3 is 0 Å². The van der Waals surface area contributed by atoms with Crippen molar-refractivity contribution in [2.24, 2.45) is 5.73 Å². The summed E-state index contributed by atoms with van der Waals surface area (Å²) >= 11 is 1.48. The topological polar surface area (TPSA) is 70.1 Å². The highest BCUT2D eigenvalue weighted by molar-refractivity contribution is 8.00. The second-order valence-electron chi connectivity index (χ2n) is 1.69. The Balaban J connectivity index is 3.27. The maximum Gasteiger partial charge on any atom is 0.104 e. The highest BCUT2D eigenvalue weighted by Gasteiger charge is 2.02. The molecule has 0 radical (unpaired) electrons. The minimum Gasteiger partial charge on any atom is -0.396 e. The van der Waals surface area contributed by atoms with Crippen LogP contribution in [0.1, 0.15) is 6.92 Å². The minimum absolute atomic E-state index is 0.0390. The van der Waals surface area contributed by atoms with Crippen LogP contribution in [0.25, 0.3) is 0 Å². The lowest BCUT2D eigenvalue weighted by Crippen LogP contribution is -2.22. The maximum absolute atomic E-state index is 8.36. The zero-order valence-electron chi connectivity index (χ0n) is 5.42. The summed E-state index contributed by atoms with van der Waals surface area (Å²) in [6.07, 6.45) is 0. The number of rotatable bonds is 4. The molecule has 0 aliphatic heterocycles. The van der Waals surface area contributed by atoms with Crippen molar-refractivity contribution in [1.82, 2.24) is 0 Å². The molecule has 0 aliphatic rings. The number of hydrogen-bond donors (Lipinski definition) is 3. The summed E-state index contributed by atoms with van der Waals surface area (Å²) in [7, 11) is 0. The summed E-state index contributed by atoms with van der Waals surface area (Å²) in [5.41, 5.74) is 5.16. The number of nitrogens with two attached hydrogens (primary N) is 1. The van der Waals surface area contributed by atoms with Gasteiger partial charge in [-0.1, -0.05) is 0 Å². The van der Waals surface area contributed by atoms with Crippen LogP contribution < -0.4 is 5.73 Å². The summed E-state index contributed by atoms with van der Waals surface area (Å²) in [5.74, 6) is 0.828. The van der Waals surface area contributed by atoms with Gasteiger partial charge in [0.25, 0.3) is 0 Å². The molecule has 4 heteroatoms. The van der Waals surface area contributed by atoms with Gasteiger partial charge in [0.2, 0.25) is 0 Å². The first-order valence-electron chi connectivity index (χ1n) is 2.75. The van der Waals surface area contributed by atoms with Crippen molar-refractivity contribution in [1.29, 1.82) is 5.41 Å². The van der Waals surface area contributed by atoms with Crippen LogP contribution in [0, 0.1) is 5.41 Å². The number of hydrogen-bond acceptors (Lipinski definition) is 3. The summed E-state index contributed by atoms with van der Waals surface area (Å²) in [4.78, 5) is 0. The highest BCUT2D eigenvalue weighted by atomic mass is 32.2. The summed E-state index contributed by atoms with van der Waals surface area (Å²) in [6, 6.07) is 0. The van der Waals surface area contributed by atoms with Crippen molar-refractivity contribution >= 4 is 17.6 Å². The molecule has 0 rings (SSSR count). The minimum atomic E-state index is 0.0390. The van der Waals surface area contributed by atoms with Crippen molar-refractivity contribution in [2.45, 2.75) is 12.2 Å². The Labute approximate surface area is 59.1 Å². The fourth-order valence-electron chi connectivity index (χ4n) is 0.319. The van der Waals surface area contributed by atoms with Crippen LogP contribution in [0.5, 0.6) is 0 Å². The van der Waals surface area contributed by atoms with E-state index in [9.17, 15) is 0 Å². The third kappa shape index (κ3) is 4.29. The zero-order valence-corrected chi connectivity index (χ0v) is 6.24. The van der Waals surface area contributed by atoms with Gasteiger partial charge in [-0.15, -0.1) is 11.8 Å². The molecule has 54 valence electrons. The third-order valence-corrected chi connectivity index (χ3v) is 2.07. The molecular formula is C5H12N2OS. The van der Waals surface area contributed by atoms with Crippen LogP contribution in [0.15, 0.2) is 0 Å². The fraction of sp³-hybridized carbons (Fsp3) is 0.800. The molecule has 4 N–H and O–H groups in total. The second-order valence-corrected chi connectivity index (χ2v) is 3.14. The van der Waals surface area contributed by atoms with Crippen LogP contribution in [0.2, 0.25) is 0 Å². The molecule has 0 bridgehead atoms. The number of aliphatic hydroxyl groups excluding tert-OH is 1. The predicted octanol–water partition coefficient (Wildman–Crippen LogP) is 0.0364. The molecule has 0 aromatic carbocycles. The average Bonchev–Trinajstić information content (AvgIpc) is 1.82. The van der Waals surface area contributed by atoms with Gasteiger partial charge in [-0.05, 0) is 6.92 Å². The van der Waals surface area contributed by atoms with Gasteiger partial charge in [-0.25, -0.2) is 0 Å². The normalized spacial score (nSPS) is 13.1. The van der Waals surface area contributed by atoms with Crippen LogP contribution in [0.4, 0.5) is 0 Å². The lowest BCUT2D eigenvalue weighted by atomic mass is 10.4. The maximum atomic E-state index is 8.36. The molecule has 9 heavy (non-hydrogen) atoms. The van der Waals surface area contributed by atoms with E-state index in [1.54, 1.807) is 0 Å². The highest BCUT2D eigenvalue weighted by Crippen LogP contribution is 2.07. The molecule has 0 amide bonds. The van der Waals surface area contributed by atoms with Crippen LogP contribution >= 0.6 is 11.8 Å². The Morgan fingerprint density at radius 3 is 2.78 bits per heavy atom. The largest absolute Gasteiger partial charge is 0.396 e. The molecule has 0 saturated carbocycles. The lowest BCUT2D eigenvalue weighted by Gasteiger charge is -2.05. The Hall–Kier alpha value is -0.220. The van der Waals surface area contributed by atoms with Crippen molar-refractivity contribution in [3.05, 3.63) is 0 Å². The first kappa shape index (κ1) is 8.78. The van der Waals surface area contributed by atoms with Crippen LogP contribution in [0.3, 0.4) is 0 Å². The SMILES string of the molecule is CC(SCCO)C(=N)N. The molecule has 3 nitrogen and oxygen atoms in total. The van der Waals surface area contributed by atoms with Crippen molar-refractivity contribution in [3.8, 4) is 0 Å². The molecule has 0 spiro atoms. The summed E-state index contributed by atoms with van der Waals surface area (Å²) in [5, 5.41) is 15.4. The molecule has 0 fully saturated rings. The van der Waals surface area contributed by atoms with Gasteiger partial charge in [0.1, 0.15) is 5.84 Å². The Kier molecular flexibility index (Phi) is 4.53. The smallest absolute Gasteiger partial charge is 0.104 e. The number of aliphatic hydroxyl groups is 1. The van der Waals surface area contributed by atoms with Gasteiger partial charge in [0.05, 0.1) is 11.9 Å². The molecule has 0 aromatic heterocycles.